The van der Waals surface area contributed by atoms with Gasteiger partial charge in [-0.25, -0.2) is 0 Å². The first-order valence-corrected chi connectivity index (χ1v) is 2.82. The fourth-order valence-corrected chi connectivity index (χ4v) is 0.542. The molecule has 2 nitrogen and oxygen atoms in total. The molecule has 0 aromatic carbocycles. The van der Waals surface area contributed by atoms with Crippen molar-refractivity contribution in [3.05, 3.63) is 17.5 Å². The van der Waals surface area contributed by atoms with Gasteiger partial charge in [0.1, 0.15) is 0 Å². The van der Waals surface area contributed by atoms with E-state index in [0.717, 1.165) is 0 Å². The Labute approximate surface area is 67.1 Å². The fourth-order valence-electron chi connectivity index (χ4n) is 0.542. The van der Waals surface area contributed by atoms with E-state index in [4.69, 9.17) is 0 Å². The Balaban J connectivity index is 3.01. The van der Waals surface area contributed by atoms with Gasteiger partial charge in [-0.15, -0.1) is 0 Å². The SMILES string of the molecule is FC(F)(F)c1cc(C(F)(F)F)on1. The molecule has 13 heavy (non-hydrogen) atoms. The summed E-state index contributed by atoms with van der Waals surface area (Å²) in [6.07, 6.45) is -9.87. The second-order valence-electron chi connectivity index (χ2n) is 2.07. The lowest BCUT2D eigenvalue weighted by atomic mass is 10.3. The van der Waals surface area contributed by atoms with E-state index >= 15 is 0 Å². The van der Waals surface area contributed by atoms with Crippen molar-refractivity contribution in [2.24, 2.45) is 0 Å². The minimum atomic E-state index is -4.95. The predicted molar refractivity (Wildman–Crippen MR) is 26.5 cm³/mol. The van der Waals surface area contributed by atoms with Gasteiger partial charge in [0.2, 0.25) is 5.76 Å². The summed E-state index contributed by atoms with van der Waals surface area (Å²) in [5.74, 6) is -1.76. The highest BCUT2D eigenvalue weighted by Crippen LogP contribution is 2.34. The second-order valence-corrected chi connectivity index (χ2v) is 2.07. The molecule has 0 spiro atoms. The molecule has 0 N–H and O–H groups in total. The van der Waals surface area contributed by atoms with Gasteiger partial charge in [0, 0.05) is 6.07 Å². The molecule has 74 valence electrons. The maximum atomic E-state index is 11.7. The van der Waals surface area contributed by atoms with E-state index in [1.54, 1.807) is 0 Å². The van der Waals surface area contributed by atoms with Gasteiger partial charge >= 0.3 is 12.4 Å². The lowest BCUT2D eigenvalue weighted by Crippen LogP contribution is -2.05. The molecule has 8 heteroatoms. The van der Waals surface area contributed by atoms with Gasteiger partial charge in [-0.3, -0.25) is 0 Å². The van der Waals surface area contributed by atoms with Gasteiger partial charge in [-0.2, -0.15) is 26.3 Å². The third-order valence-corrected chi connectivity index (χ3v) is 1.08. The molecule has 0 fully saturated rings. The highest BCUT2D eigenvalue weighted by atomic mass is 19.4. The summed E-state index contributed by atoms with van der Waals surface area (Å²) in [6, 6.07) is -0.194. The van der Waals surface area contributed by atoms with E-state index in [2.05, 4.69) is 9.68 Å². The average molecular weight is 205 g/mol. The highest BCUT2D eigenvalue weighted by Gasteiger charge is 2.41. The van der Waals surface area contributed by atoms with Gasteiger partial charge in [0.15, 0.2) is 5.69 Å². The standard InChI is InChI=1S/C5HF6NO/c6-4(7,8)2-1-3(13-12-2)5(9,10)11/h1H. The number of alkyl halides is 6. The quantitative estimate of drug-likeness (QED) is 0.608. The van der Waals surface area contributed by atoms with Crippen LogP contribution in [0, 0.1) is 0 Å². The van der Waals surface area contributed by atoms with Crippen LogP contribution in [0.1, 0.15) is 11.5 Å². The van der Waals surface area contributed by atoms with Crippen molar-refractivity contribution in [3.8, 4) is 0 Å². The van der Waals surface area contributed by atoms with Crippen molar-refractivity contribution in [3.63, 3.8) is 0 Å². The predicted octanol–water partition coefficient (Wildman–Crippen LogP) is 2.71. The van der Waals surface area contributed by atoms with Crippen LogP contribution in [0.25, 0.3) is 0 Å². The van der Waals surface area contributed by atoms with Crippen molar-refractivity contribution < 1.29 is 30.9 Å². The van der Waals surface area contributed by atoms with E-state index in [1.807, 2.05) is 0 Å². The molecule has 1 heterocycles. The first-order chi connectivity index (χ1) is 5.71. The van der Waals surface area contributed by atoms with Crippen molar-refractivity contribution in [1.82, 2.24) is 5.16 Å². The van der Waals surface area contributed by atoms with Crippen molar-refractivity contribution in [2.45, 2.75) is 12.4 Å². The number of halogens is 6. The molecule has 0 amide bonds. The molecular weight excluding hydrogens is 204 g/mol. The molecule has 0 unspecified atom stereocenters. The zero-order chi connectivity index (χ0) is 10.3. The van der Waals surface area contributed by atoms with E-state index in [-0.39, 0.29) is 6.07 Å². The third kappa shape index (κ3) is 2.13. The van der Waals surface area contributed by atoms with Gasteiger partial charge in [0.25, 0.3) is 0 Å². The zero-order valence-electron chi connectivity index (χ0n) is 5.70. The number of aromatic nitrogens is 1. The summed E-state index contributed by atoms with van der Waals surface area (Å²) in [5, 5.41) is 2.23. The molecule has 0 aliphatic heterocycles. The Kier molecular flexibility index (Phi) is 2.01. The molecule has 0 saturated carbocycles. The van der Waals surface area contributed by atoms with Crippen LogP contribution < -0.4 is 0 Å². The average Bonchev–Trinajstić information content (AvgIpc) is 2.28. The van der Waals surface area contributed by atoms with Crippen LogP contribution in [-0.4, -0.2) is 5.16 Å². The Morgan fingerprint density at radius 3 is 1.77 bits per heavy atom. The molecule has 0 aliphatic rings. The van der Waals surface area contributed by atoms with Crippen LogP contribution in [0.4, 0.5) is 26.3 Å². The topological polar surface area (TPSA) is 26.0 Å². The van der Waals surface area contributed by atoms with Crippen LogP contribution in [0.5, 0.6) is 0 Å². The Hall–Kier alpha value is -1.21. The minimum Gasteiger partial charge on any atom is -0.351 e. The Morgan fingerprint density at radius 1 is 1.00 bits per heavy atom. The van der Waals surface area contributed by atoms with Crippen molar-refractivity contribution >= 4 is 0 Å². The highest BCUT2D eigenvalue weighted by molar-refractivity contribution is 5.10. The first-order valence-electron chi connectivity index (χ1n) is 2.82. The number of rotatable bonds is 0. The van der Waals surface area contributed by atoms with Crippen molar-refractivity contribution in [2.75, 3.05) is 0 Å². The summed E-state index contributed by atoms with van der Waals surface area (Å²) < 4.78 is 73.6. The summed E-state index contributed by atoms with van der Waals surface area (Å²) >= 11 is 0. The zero-order valence-corrected chi connectivity index (χ0v) is 5.70. The van der Waals surface area contributed by atoms with Crippen molar-refractivity contribution in [1.29, 1.82) is 0 Å². The summed E-state index contributed by atoms with van der Waals surface area (Å²) in [4.78, 5) is 0. The van der Waals surface area contributed by atoms with Crippen LogP contribution in [-0.2, 0) is 12.4 Å². The lowest BCUT2D eigenvalue weighted by molar-refractivity contribution is -0.156. The third-order valence-electron chi connectivity index (χ3n) is 1.08. The maximum absolute atomic E-state index is 11.7. The largest absolute Gasteiger partial charge is 0.452 e. The minimum absolute atomic E-state index is 0.194. The molecule has 0 bridgehead atoms. The Bertz CT molecular complexity index is 268. The van der Waals surface area contributed by atoms with Crippen LogP contribution in [0.15, 0.2) is 10.6 Å². The van der Waals surface area contributed by atoms with Crippen LogP contribution in [0.2, 0.25) is 0 Å². The monoisotopic (exact) mass is 205 g/mol. The summed E-state index contributed by atoms with van der Waals surface area (Å²) in [7, 11) is 0. The van der Waals surface area contributed by atoms with Gasteiger partial charge in [0.05, 0.1) is 0 Å². The van der Waals surface area contributed by atoms with E-state index in [9.17, 15) is 26.3 Å². The van der Waals surface area contributed by atoms with Gasteiger partial charge in [-0.05, 0) is 0 Å². The number of nitrogens with zero attached hydrogens (tertiary/aromatic N) is 1. The molecule has 1 aromatic rings. The van der Waals surface area contributed by atoms with E-state index in [1.165, 1.54) is 0 Å². The molecule has 0 atom stereocenters. The molecule has 1 aromatic heterocycles. The van der Waals surface area contributed by atoms with E-state index < -0.39 is 23.8 Å². The van der Waals surface area contributed by atoms with Gasteiger partial charge in [-0.1, -0.05) is 5.16 Å². The molecule has 0 aliphatic carbocycles. The van der Waals surface area contributed by atoms with Crippen LogP contribution >= 0.6 is 0 Å². The van der Waals surface area contributed by atoms with Gasteiger partial charge < -0.3 is 4.52 Å². The summed E-state index contributed by atoms with van der Waals surface area (Å²) in [5.41, 5.74) is -1.69. The summed E-state index contributed by atoms with van der Waals surface area (Å²) in [6.45, 7) is 0. The van der Waals surface area contributed by atoms with Crippen LogP contribution in [0.3, 0.4) is 0 Å². The number of hydrogen-bond acceptors (Lipinski definition) is 2. The molecule has 1 rings (SSSR count). The van der Waals surface area contributed by atoms with E-state index in [0.29, 0.717) is 0 Å². The molecule has 0 saturated heterocycles. The first kappa shape index (κ1) is 9.87. The molecule has 0 radical (unpaired) electrons. The number of hydrogen-bond donors (Lipinski definition) is 0. The Morgan fingerprint density at radius 2 is 1.54 bits per heavy atom. The molecular formula is C5HF6NO. The smallest absolute Gasteiger partial charge is 0.351 e. The normalized spacial score (nSPS) is 13.4. The lowest BCUT2D eigenvalue weighted by Gasteiger charge is -1.98. The second kappa shape index (κ2) is 2.64. The maximum Gasteiger partial charge on any atom is 0.452 e. The fraction of sp³-hybridized carbons (Fsp3) is 0.400.